The number of ether oxygens (including phenoxy) is 1. The van der Waals surface area contributed by atoms with E-state index in [2.05, 4.69) is 4.74 Å². The van der Waals surface area contributed by atoms with Crippen molar-refractivity contribution in [2.75, 3.05) is 13.7 Å². The summed E-state index contributed by atoms with van der Waals surface area (Å²) in [5, 5.41) is 9.51. The van der Waals surface area contributed by atoms with Crippen LogP contribution in [-0.2, 0) is 19.1 Å². The van der Waals surface area contributed by atoms with Crippen LogP contribution in [0.1, 0.15) is 19.8 Å². The fraction of sp³-hybridized carbons (Fsp3) is 0.750. The summed E-state index contributed by atoms with van der Waals surface area (Å²) < 4.78 is 4.37. The van der Waals surface area contributed by atoms with Crippen molar-refractivity contribution in [2.24, 2.45) is 17.8 Å². The molecule has 0 bridgehead atoms. The molecule has 0 aromatic carbocycles. The third-order valence-corrected chi connectivity index (χ3v) is 3.79. The highest BCUT2D eigenvalue weighted by Gasteiger charge is 2.52. The zero-order chi connectivity index (χ0) is 13.4. The van der Waals surface area contributed by atoms with Gasteiger partial charge < -0.3 is 9.84 Å². The lowest BCUT2D eigenvalue weighted by Gasteiger charge is -2.19. The Kier molecular flexibility index (Phi) is 3.38. The van der Waals surface area contributed by atoms with Crippen LogP contribution in [0.15, 0.2) is 0 Å². The summed E-state index contributed by atoms with van der Waals surface area (Å²) >= 11 is 0. The van der Waals surface area contributed by atoms with E-state index < -0.39 is 12.1 Å². The van der Waals surface area contributed by atoms with Crippen molar-refractivity contribution in [2.45, 2.75) is 25.9 Å². The number of amides is 2. The maximum Gasteiger partial charge on any atom is 0.336 e. The number of rotatable bonds is 3. The number of β-amino-alcohol motifs (C(OH)–C–C–N with tert-alkyl or cyclic N) is 1. The summed E-state index contributed by atoms with van der Waals surface area (Å²) in [4.78, 5) is 36.2. The van der Waals surface area contributed by atoms with Crippen LogP contribution in [0.2, 0.25) is 0 Å². The number of esters is 1. The first-order valence-corrected chi connectivity index (χ1v) is 6.06. The minimum Gasteiger partial charge on any atom is -0.467 e. The van der Waals surface area contributed by atoms with Crippen molar-refractivity contribution in [3.63, 3.8) is 0 Å². The Morgan fingerprint density at radius 1 is 1.39 bits per heavy atom. The minimum atomic E-state index is -1.46. The Hall–Kier alpha value is -1.43. The number of methoxy groups -OCH3 is 1. The standard InChI is InChI=1S/C12H17NO5/c1-6-3-7-8(4-6)11(16)13(10(7)15)5-9(14)12(17)18-2/h6-9,14H,3-5H2,1-2H3. The number of hydrogen-bond acceptors (Lipinski definition) is 5. The van der Waals surface area contributed by atoms with Gasteiger partial charge in [-0.2, -0.15) is 0 Å². The van der Waals surface area contributed by atoms with Gasteiger partial charge >= 0.3 is 5.97 Å². The summed E-state index contributed by atoms with van der Waals surface area (Å²) in [6, 6.07) is 0. The molecular formula is C12H17NO5. The van der Waals surface area contributed by atoms with Crippen molar-refractivity contribution >= 4 is 17.8 Å². The van der Waals surface area contributed by atoms with Crippen molar-refractivity contribution in [1.29, 1.82) is 0 Å². The summed E-state index contributed by atoms with van der Waals surface area (Å²) in [7, 11) is 1.15. The van der Waals surface area contributed by atoms with Crippen LogP contribution in [0.25, 0.3) is 0 Å². The highest BCUT2D eigenvalue weighted by Crippen LogP contribution is 2.42. The molecule has 6 nitrogen and oxygen atoms in total. The first-order chi connectivity index (χ1) is 8.45. The molecule has 1 saturated carbocycles. The normalized spacial score (nSPS) is 32.6. The molecule has 0 spiro atoms. The van der Waals surface area contributed by atoms with Gasteiger partial charge in [0.2, 0.25) is 11.8 Å². The van der Waals surface area contributed by atoms with E-state index in [9.17, 15) is 19.5 Å². The zero-order valence-corrected chi connectivity index (χ0v) is 10.5. The Morgan fingerprint density at radius 2 is 1.89 bits per heavy atom. The molecule has 100 valence electrons. The summed E-state index contributed by atoms with van der Waals surface area (Å²) in [5.41, 5.74) is 0. The lowest BCUT2D eigenvalue weighted by atomic mass is 10.00. The Morgan fingerprint density at radius 3 is 2.33 bits per heavy atom. The molecule has 2 aliphatic rings. The third kappa shape index (κ3) is 2.01. The maximum atomic E-state index is 12.0. The molecule has 1 heterocycles. The predicted octanol–water partition coefficient (Wildman–Crippen LogP) is -0.449. The number of fused-ring (bicyclic) bond motifs is 1. The number of nitrogens with zero attached hydrogens (tertiary/aromatic N) is 1. The average molecular weight is 255 g/mol. The summed E-state index contributed by atoms with van der Waals surface area (Å²) in [6.45, 7) is 1.72. The van der Waals surface area contributed by atoms with E-state index >= 15 is 0 Å². The van der Waals surface area contributed by atoms with E-state index in [1.807, 2.05) is 6.92 Å². The summed E-state index contributed by atoms with van der Waals surface area (Å²) in [6.07, 6.45) is -0.0423. The minimum absolute atomic E-state index is 0.266. The van der Waals surface area contributed by atoms with Gasteiger partial charge in [0.1, 0.15) is 0 Å². The Labute approximate surface area is 105 Å². The topological polar surface area (TPSA) is 83.9 Å². The van der Waals surface area contributed by atoms with Gasteiger partial charge in [-0.1, -0.05) is 6.92 Å². The molecule has 3 unspecified atom stereocenters. The van der Waals surface area contributed by atoms with Crippen molar-refractivity contribution < 1.29 is 24.2 Å². The lowest BCUT2D eigenvalue weighted by molar-refractivity contribution is -0.153. The highest BCUT2D eigenvalue weighted by molar-refractivity contribution is 6.05. The van der Waals surface area contributed by atoms with E-state index in [0.717, 1.165) is 12.0 Å². The van der Waals surface area contributed by atoms with Crippen LogP contribution in [0, 0.1) is 17.8 Å². The average Bonchev–Trinajstić information content (AvgIpc) is 2.82. The lowest BCUT2D eigenvalue weighted by Crippen LogP contribution is -2.41. The third-order valence-electron chi connectivity index (χ3n) is 3.79. The van der Waals surface area contributed by atoms with Gasteiger partial charge in [-0.3, -0.25) is 14.5 Å². The highest BCUT2D eigenvalue weighted by atomic mass is 16.5. The van der Waals surface area contributed by atoms with Gasteiger partial charge in [0.05, 0.1) is 25.5 Å². The molecule has 3 atom stereocenters. The monoisotopic (exact) mass is 255 g/mol. The maximum absolute atomic E-state index is 12.0. The number of likely N-dealkylation sites (tertiary alicyclic amines) is 1. The zero-order valence-electron chi connectivity index (χ0n) is 10.5. The van der Waals surface area contributed by atoms with Crippen LogP contribution >= 0.6 is 0 Å². The number of carbonyl (C=O) groups is 3. The van der Waals surface area contributed by atoms with E-state index in [-0.39, 0.29) is 30.2 Å². The molecule has 2 amide bonds. The molecule has 6 heteroatoms. The van der Waals surface area contributed by atoms with E-state index in [1.54, 1.807) is 0 Å². The summed E-state index contributed by atoms with van der Waals surface area (Å²) in [5.74, 6) is -1.52. The molecule has 0 aromatic heterocycles. The quantitative estimate of drug-likeness (QED) is 0.545. The molecular weight excluding hydrogens is 238 g/mol. The Balaban J connectivity index is 2.06. The van der Waals surface area contributed by atoms with Crippen molar-refractivity contribution in [1.82, 2.24) is 4.90 Å². The van der Waals surface area contributed by atoms with Crippen LogP contribution < -0.4 is 0 Å². The molecule has 0 aromatic rings. The second-order valence-electron chi connectivity index (χ2n) is 5.12. The van der Waals surface area contributed by atoms with Gasteiger partial charge in [-0.05, 0) is 18.8 Å². The second-order valence-corrected chi connectivity index (χ2v) is 5.12. The fourth-order valence-corrected chi connectivity index (χ4v) is 2.91. The van der Waals surface area contributed by atoms with Gasteiger partial charge in [-0.15, -0.1) is 0 Å². The van der Waals surface area contributed by atoms with Crippen molar-refractivity contribution in [3.8, 4) is 0 Å². The van der Waals surface area contributed by atoms with Gasteiger partial charge in [0.25, 0.3) is 0 Å². The number of aliphatic hydroxyl groups excluding tert-OH is 1. The van der Waals surface area contributed by atoms with E-state index in [0.29, 0.717) is 18.8 Å². The largest absolute Gasteiger partial charge is 0.467 e. The first-order valence-electron chi connectivity index (χ1n) is 6.06. The molecule has 2 rings (SSSR count). The Bertz CT molecular complexity index is 370. The molecule has 1 aliphatic heterocycles. The van der Waals surface area contributed by atoms with Crippen LogP contribution in [0.4, 0.5) is 0 Å². The first kappa shape index (κ1) is 13.0. The van der Waals surface area contributed by atoms with Crippen LogP contribution in [-0.4, -0.2) is 47.5 Å². The predicted molar refractivity (Wildman–Crippen MR) is 60.1 cm³/mol. The van der Waals surface area contributed by atoms with E-state index in [4.69, 9.17) is 0 Å². The number of carbonyl (C=O) groups excluding carboxylic acids is 3. The van der Waals surface area contributed by atoms with Gasteiger partial charge in [0, 0.05) is 0 Å². The molecule has 1 N–H and O–H groups in total. The molecule has 18 heavy (non-hydrogen) atoms. The number of aliphatic hydroxyl groups is 1. The second kappa shape index (κ2) is 4.68. The van der Waals surface area contributed by atoms with Crippen molar-refractivity contribution in [3.05, 3.63) is 0 Å². The smallest absolute Gasteiger partial charge is 0.336 e. The molecule has 2 fully saturated rings. The molecule has 1 saturated heterocycles. The number of hydrogen-bond donors (Lipinski definition) is 1. The molecule has 1 aliphatic carbocycles. The SMILES string of the molecule is COC(=O)C(O)CN1C(=O)C2CC(C)CC2C1=O. The van der Waals surface area contributed by atoms with Crippen LogP contribution in [0.3, 0.4) is 0 Å². The fourth-order valence-electron chi connectivity index (χ4n) is 2.91. The number of imide groups is 1. The van der Waals surface area contributed by atoms with Gasteiger partial charge in [0.15, 0.2) is 6.10 Å². The van der Waals surface area contributed by atoms with Gasteiger partial charge in [-0.25, -0.2) is 4.79 Å². The van der Waals surface area contributed by atoms with E-state index in [1.165, 1.54) is 0 Å². The van der Waals surface area contributed by atoms with Crippen LogP contribution in [0.5, 0.6) is 0 Å². The molecule has 0 radical (unpaired) electrons.